The van der Waals surface area contributed by atoms with Crippen LogP contribution < -0.4 is 11.5 Å². The fraction of sp³-hybridized carbons (Fsp3) is 0.333. The number of carbonyl (C=O) groups is 1. The molecule has 0 aromatic carbocycles. The SMILES string of the molecule is NCc1cncn1CC(N)=O. The lowest BCUT2D eigenvalue weighted by molar-refractivity contribution is -0.118. The minimum Gasteiger partial charge on any atom is -0.368 e. The standard InChI is InChI=1S/C6H10N4O/c7-1-5-2-9-4-10(5)3-6(8)11/h2,4H,1,3,7H2,(H2,8,11). The van der Waals surface area contributed by atoms with Crippen LogP contribution in [-0.2, 0) is 17.9 Å². The predicted octanol–water partition coefficient (Wildman–Crippen LogP) is -1.17. The summed E-state index contributed by atoms with van der Waals surface area (Å²) < 4.78 is 1.63. The second kappa shape index (κ2) is 3.16. The molecule has 1 amide bonds. The Morgan fingerprint density at radius 1 is 1.73 bits per heavy atom. The smallest absolute Gasteiger partial charge is 0.237 e. The molecule has 0 radical (unpaired) electrons. The van der Waals surface area contributed by atoms with Gasteiger partial charge in [0.25, 0.3) is 0 Å². The second-order valence-corrected chi connectivity index (χ2v) is 2.18. The van der Waals surface area contributed by atoms with Gasteiger partial charge in [-0.15, -0.1) is 0 Å². The summed E-state index contributed by atoms with van der Waals surface area (Å²) >= 11 is 0. The van der Waals surface area contributed by atoms with Crippen LogP contribution in [0.15, 0.2) is 12.5 Å². The van der Waals surface area contributed by atoms with Crippen LogP contribution in [0.5, 0.6) is 0 Å². The molecule has 0 atom stereocenters. The van der Waals surface area contributed by atoms with E-state index in [2.05, 4.69) is 4.98 Å². The first-order valence-electron chi connectivity index (χ1n) is 3.21. The molecule has 1 heterocycles. The minimum atomic E-state index is -0.391. The fourth-order valence-electron chi connectivity index (χ4n) is 0.828. The average Bonchev–Trinajstić information content (AvgIpc) is 2.34. The summed E-state index contributed by atoms with van der Waals surface area (Å²) in [6.45, 7) is 0.514. The van der Waals surface area contributed by atoms with Gasteiger partial charge < -0.3 is 16.0 Å². The van der Waals surface area contributed by atoms with Gasteiger partial charge in [0, 0.05) is 12.7 Å². The molecule has 0 saturated heterocycles. The molecule has 60 valence electrons. The van der Waals surface area contributed by atoms with Crippen LogP contribution in [-0.4, -0.2) is 15.5 Å². The van der Waals surface area contributed by atoms with E-state index in [0.717, 1.165) is 5.69 Å². The van der Waals surface area contributed by atoms with E-state index in [9.17, 15) is 4.79 Å². The summed E-state index contributed by atoms with van der Waals surface area (Å²) in [5.74, 6) is -0.391. The first kappa shape index (κ1) is 7.74. The number of hydrogen-bond acceptors (Lipinski definition) is 3. The molecule has 0 aliphatic carbocycles. The van der Waals surface area contributed by atoms with Gasteiger partial charge in [0.05, 0.1) is 12.0 Å². The Morgan fingerprint density at radius 2 is 2.45 bits per heavy atom. The Bertz CT molecular complexity index is 255. The molecule has 0 saturated carbocycles. The van der Waals surface area contributed by atoms with Gasteiger partial charge in [-0.3, -0.25) is 4.79 Å². The van der Waals surface area contributed by atoms with Gasteiger partial charge in [-0.2, -0.15) is 0 Å². The molecule has 5 nitrogen and oxygen atoms in total. The summed E-state index contributed by atoms with van der Waals surface area (Å²) in [5.41, 5.74) is 11.1. The van der Waals surface area contributed by atoms with Gasteiger partial charge in [0.1, 0.15) is 6.54 Å². The van der Waals surface area contributed by atoms with Gasteiger partial charge in [0.2, 0.25) is 5.91 Å². The van der Waals surface area contributed by atoms with E-state index in [1.165, 1.54) is 6.33 Å². The quantitative estimate of drug-likeness (QED) is 0.575. The van der Waals surface area contributed by atoms with Gasteiger partial charge in [-0.05, 0) is 0 Å². The largest absolute Gasteiger partial charge is 0.368 e. The second-order valence-electron chi connectivity index (χ2n) is 2.18. The first-order valence-corrected chi connectivity index (χ1v) is 3.21. The highest BCUT2D eigenvalue weighted by molar-refractivity contribution is 5.73. The number of primary amides is 1. The van der Waals surface area contributed by atoms with Crippen molar-refractivity contribution in [3.63, 3.8) is 0 Å². The van der Waals surface area contributed by atoms with Crippen molar-refractivity contribution in [3.05, 3.63) is 18.2 Å². The third kappa shape index (κ3) is 1.78. The van der Waals surface area contributed by atoms with Crippen LogP contribution in [0.3, 0.4) is 0 Å². The van der Waals surface area contributed by atoms with Crippen LogP contribution >= 0.6 is 0 Å². The summed E-state index contributed by atoms with van der Waals surface area (Å²) in [4.78, 5) is 14.3. The number of nitrogens with zero attached hydrogens (tertiary/aromatic N) is 2. The first-order chi connectivity index (χ1) is 5.24. The maximum atomic E-state index is 10.5. The number of aromatic nitrogens is 2. The summed E-state index contributed by atoms with van der Waals surface area (Å²) in [6.07, 6.45) is 3.15. The summed E-state index contributed by atoms with van der Waals surface area (Å²) in [7, 11) is 0. The summed E-state index contributed by atoms with van der Waals surface area (Å²) in [6, 6.07) is 0. The fourth-order valence-corrected chi connectivity index (χ4v) is 0.828. The van der Waals surface area contributed by atoms with Crippen LogP contribution in [0, 0.1) is 0 Å². The Labute approximate surface area is 64.0 Å². The number of carbonyl (C=O) groups excluding carboxylic acids is 1. The van der Waals surface area contributed by atoms with E-state index >= 15 is 0 Å². The zero-order chi connectivity index (χ0) is 8.27. The Morgan fingerprint density at radius 3 is 3.00 bits per heavy atom. The molecular formula is C6H10N4O. The molecule has 0 unspecified atom stereocenters. The maximum absolute atomic E-state index is 10.5. The molecule has 5 heteroatoms. The van der Waals surface area contributed by atoms with E-state index in [1.807, 2.05) is 0 Å². The molecule has 1 aromatic rings. The number of imidazole rings is 1. The van der Waals surface area contributed by atoms with Crippen molar-refractivity contribution >= 4 is 5.91 Å². The van der Waals surface area contributed by atoms with Gasteiger partial charge >= 0.3 is 0 Å². The van der Waals surface area contributed by atoms with Gasteiger partial charge in [0.15, 0.2) is 0 Å². The topological polar surface area (TPSA) is 86.9 Å². The van der Waals surface area contributed by atoms with E-state index < -0.39 is 5.91 Å². The maximum Gasteiger partial charge on any atom is 0.237 e. The van der Waals surface area contributed by atoms with E-state index in [-0.39, 0.29) is 6.54 Å². The lowest BCUT2D eigenvalue weighted by atomic mass is 10.4. The molecule has 0 aliphatic heterocycles. The van der Waals surface area contributed by atoms with Crippen LogP contribution in [0.25, 0.3) is 0 Å². The highest BCUT2D eigenvalue weighted by Gasteiger charge is 2.01. The molecule has 0 aliphatic rings. The third-order valence-corrected chi connectivity index (χ3v) is 1.33. The van der Waals surface area contributed by atoms with Crippen molar-refractivity contribution in [1.82, 2.24) is 9.55 Å². The zero-order valence-electron chi connectivity index (χ0n) is 6.03. The predicted molar refractivity (Wildman–Crippen MR) is 39.3 cm³/mol. The van der Waals surface area contributed by atoms with Crippen LogP contribution in [0.1, 0.15) is 5.69 Å². The average molecular weight is 154 g/mol. The molecule has 1 rings (SSSR count). The highest BCUT2D eigenvalue weighted by atomic mass is 16.1. The highest BCUT2D eigenvalue weighted by Crippen LogP contribution is 1.96. The number of hydrogen-bond donors (Lipinski definition) is 2. The molecule has 11 heavy (non-hydrogen) atoms. The lowest BCUT2D eigenvalue weighted by Crippen LogP contribution is -2.20. The Balaban J connectivity index is 2.76. The van der Waals surface area contributed by atoms with E-state index in [4.69, 9.17) is 11.5 Å². The molecule has 0 bridgehead atoms. The van der Waals surface area contributed by atoms with Gasteiger partial charge in [-0.25, -0.2) is 4.98 Å². The van der Waals surface area contributed by atoms with Crippen LogP contribution in [0.4, 0.5) is 0 Å². The van der Waals surface area contributed by atoms with Crippen molar-refractivity contribution in [2.45, 2.75) is 13.1 Å². The molecule has 0 fully saturated rings. The van der Waals surface area contributed by atoms with E-state index in [1.54, 1.807) is 10.8 Å². The molecule has 4 N–H and O–H groups in total. The van der Waals surface area contributed by atoms with Crippen molar-refractivity contribution in [2.24, 2.45) is 11.5 Å². The van der Waals surface area contributed by atoms with E-state index in [0.29, 0.717) is 6.54 Å². The van der Waals surface area contributed by atoms with Crippen LogP contribution in [0.2, 0.25) is 0 Å². The van der Waals surface area contributed by atoms with Crippen molar-refractivity contribution in [3.8, 4) is 0 Å². The minimum absolute atomic E-state index is 0.145. The zero-order valence-corrected chi connectivity index (χ0v) is 6.03. The van der Waals surface area contributed by atoms with Crippen molar-refractivity contribution in [1.29, 1.82) is 0 Å². The van der Waals surface area contributed by atoms with Gasteiger partial charge in [-0.1, -0.05) is 0 Å². The summed E-state index contributed by atoms with van der Waals surface area (Å²) in [5, 5.41) is 0. The Hall–Kier alpha value is -1.36. The number of rotatable bonds is 3. The number of nitrogens with two attached hydrogens (primary N) is 2. The number of amides is 1. The van der Waals surface area contributed by atoms with Crippen molar-refractivity contribution < 1.29 is 4.79 Å². The molecule has 1 aromatic heterocycles. The monoisotopic (exact) mass is 154 g/mol. The molecular weight excluding hydrogens is 144 g/mol. The lowest BCUT2D eigenvalue weighted by Gasteiger charge is -2.01. The van der Waals surface area contributed by atoms with Crippen molar-refractivity contribution in [2.75, 3.05) is 0 Å². The third-order valence-electron chi connectivity index (χ3n) is 1.33. The Kier molecular flexibility index (Phi) is 2.22. The normalized spacial score (nSPS) is 9.91. The molecule has 0 spiro atoms.